The van der Waals surface area contributed by atoms with Gasteiger partial charge in [0, 0.05) is 6.04 Å². The molecule has 2 unspecified atom stereocenters. The summed E-state index contributed by atoms with van der Waals surface area (Å²) in [6.07, 6.45) is 7.88. The van der Waals surface area contributed by atoms with E-state index in [1.807, 2.05) is 0 Å². The van der Waals surface area contributed by atoms with Crippen LogP contribution in [0.2, 0.25) is 0 Å². The van der Waals surface area contributed by atoms with E-state index in [-0.39, 0.29) is 18.0 Å². The zero-order valence-corrected chi connectivity index (χ0v) is 9.96. The van der Waals surface area contributed by atoms with E-state index >= 15 is 0 Å². The summed E-state index contributed by atoms with van der Waals surface area (Å²) < 4.78 is 0. The van der Waals surface area contributed by atoms with Gasteiger partial charge in [-0.2, -0.15) is 0 Å². The van der Waals surface area contributed by atoms with Crippen LogP contribution in [0, 0.1) is 5.92 Å². The first-order valence-corrected chi connectivity index (χ1v) is 6.15. The van der Waals surface area contributed by atoms with Crippen molar-refractivity contribution in [2.75, 3.05) is 0 Å². The van der Waals surface area contributed by atoms with E-state index in [0.717, 1.165) is 12.3 Å². The second-order valence-electron chi connectivity index (χ2n) is 4.94. The van der Waals surface area contributed by atoms with Crippen LogP contribution < -0.4 is 11.1 Å². The fraction of sp³-hybridized carbons (Fsp3) is 0.917. The van der Waals surface area contributed by atoms with Crippen molar-refractivity contribution in [3.05, 3.63) is 0 Å². The largest absolute Gasteiger partial charge is 0.352 e. The van der Waals surface area contributed by atoms with Gasteiger partial charge < -0.3 is 11.1 Å². The van der Waals surface area contributed by atoms with Gasteiger partial charge in [0.15, 0.2) is 0 Å². The molecule has 0 aromatic rings. The Morgan fingerprint density at radius 3 is 2.47 bits per heavy atom. The molecule has 0 saturated heterocycles. The van der Waals surface area contributed by atoms with Crippen LogP contribution in [0.25, 0.3) is 0 Å². The quantitative estimate of drug-likeness (QED) is 0.746. The minimum Gasteiger partial charge on any atom is -0.352 e. The number of nitrogens with two attached hydrogens (primary N) is 1. The Hall–Kier alpha value is -0.570. The molecule has 1 saturated carbocycles. The predicted octanol–water partition coefficient (Wildman–Crippen LogP) is 1.81. The smallest absolute Gasteiger partial charge is 0.236 e. The van der Waals surface area contributed by atoms with Crippen LogP contribution in [0.15, 0.2) is 0 Å². The summed E-state index contributed by atoms with van der Waals surface area (Å²) in [7, 11) is 0. The Bertz CT molecular complexity index is 198. The number of carbonyl (C=O) groups is 1. The van der Waals surface area contributed by atoms with Crippen LogP contribution in [0.5, 0.6) is 0 Å². The fourth-order valence-electron chi connectivity index (χ4n) is 2.36. The molecule has 0 bridgehead atoms. The average molecular weight is 212 g/mol. The van der Waals surface area contributed by atoms with Crippen molar-refractivity contribution < 1.29 is 4.79 Å². The number of hydrogen-bond acceptors (Lipinski definition) is 2. The second-order valence-corrected chi connectivity index (χ2v) is 4.94. The van der Waals surface area contributed by atoms with Crippen molar-refractivity contribution in [2.45, 2.75) is 64.5 Å². The minimum atomic E-state index is -0.390. The van der Waals surface area contributed by atoms with Crippen molar-refractivity contribution in [3.63, 3.8) is 0 Å². The molecular formula is C12H24N2O. The van der Waals surface area contributed by atoms with E-state index in [1.165, 1.54) is 32.1 Å². The van der Waals surface area contributed by atoms with Crippen molar-refractivity contribution in [2.24, 2.45) is 11.7 Å². The lowest BCUT2D eigenvalue weighted by molar-refractivity contribution is -0.122. The summed E-state index contributed by atoms with van der Waals surface area (Å²) in [6.45, 7) is 3.80. The highest BCUT2D eigenvalue weighted by Gasteiger charge is 2.18. The third kappa shape index (κ3) is 4.65. The summed E-state index contributed by atoms with van der Waals surface area (Å²) in [6, 6.07) is -0.120. The summed E-state index contributed by atoms with van der Waals surface area (Å²) >= 11 is 0. The molecule has 1 aliphatic carbocycles. The summed E-state index contributed by atoms with van der Waals surface area (Å²) in [5.41, 5.74) is 5.51. The van der Waals surface area contributed by atoms with E-state index in [9.17, 15) is 4.79 Å². The Morgan fingerprint density at radius 2 is 1.93 bits per heavy atom. The molecule has 1 rings (SSSR count). The SMILES string of the molecule is CC(CC1CCCCC1)NC(=O)C(C)N. The van der Waals surface area contributed by atoms with Crippen LogP contribution in [0.1, 0.15) is 52.4 Å². The van der Waals surface area contributed by atoms with E-state index in [4.69, 9.17) is 5.73 Å². The molecule has 0 aliphatic heterocycles. The van der Waals surface area contributed by atoms with E-state index in [0.29, 0.717) is 0 Å². The molecule has 0 heterocycles. The van der Waals surface area contributed by atoms with E-state index < -0.39 is 0 Å². The van der Waals surface area contributed by atoms with Gasteiger partial charge in [-0.05, 0) is 26.2 Å². The van der Waals surface area contributed by atoms with Crippen molar-refractivity contribution in [1.29, 1.82) is 0 Å². The highest BCUT2D eigenvalue weighted by molar-refractivity contribution is 5.81. The molecule has 3 nitrogen and oxygen atoms in total. The number of hydrogen-bond donors (Lipinski definition) is 2. The fourth-order valence-corrected chi connectivity index (χ4v) is 2.36. The highest BCUT2D eigenvalue weighted by Crippen LogP contribution is 2.27. The lowest BCUT2D eigenvalue weighted by Gasteiger charge is -2.25. The van der Waals surface area contributed by atoms with Gasteiger partial charge in [-0.25, -0.2) is 0 Å². The summed E-state index contributed by atoms with van der Waals surface area (Å²) in [5.74, 6) is 0.778. The maximum absolute atomic E-state index is 11.4. The van der Waals surface area contributed by atoms with E-state index in [1.54, 1.807) is 6.92 Å². The minimum absolute atomic E-state index is 0.0293. The van der Waals surface area contributed by atoms with Gasteiger partial charge in [0.05, 0.1) is 6.04 Å². The molecule has 1 aliphatic rings. The zero-order chi connectivity index (χ0) is 11.3. The first-order chi connectivity index (χ1) is 7.09. The maximum atomic E-state index is 11.4. The zero-order valence-electron chi connectivity index (χ0n) is 9.96. The van der Waals surface area contributed by atoms with Gasteiger partial charge in [0.1, 0.15) is 0 Å². The van der Waals surface area contributed by atoms with Gasteiger partial charge in [-0.1, -0.05) is 32.1 Å². The van der Waals surface area contributed by atoms with Crippen molar-refractivity contribution in [3.8, 4) is 0 Å². The molecule has 3 N–H and O–H groups in total. The van der Waals surface area contributed by atoms with Crippen LogP contribution in [-0.2, 0) is 4.79 Å². The normalized spacial score (nSPS) is 22.1. The van der Waals surface area contributed by atoms with Crippen molar-refractivity contribution in [1.82, 2.24) is 5.32 Å². The Morgan fingerprint density at radius 1 is 1.33 bits per heavy atom. The molecule has 2 atom stereocenters. The molecule has 0 aromatic carbocycles. The number of nitrogens with one attached hydrogen (secondary N) is 1. The Kier molecular flexibility index (Phi) is 5.09. The average Bonchev–Trinajstić information content (AvgIpc) is 2.18. The Labute approximate surface area is 92.8 Å². The first-order valence-electron chi connectivity index (χ1n) is 6.15. The molecule has 0 radical (unpaired) electrons. The summed E-state index contributed by atoms with van der Waals surface area (Å²) in [5, 5.41) is 2.96. The first kappa shape index (κ1) is 12.5. The van der Waals surface area contributed by atoms with Gasteiger partial charge >= 0.3 is 0 Å². The molecule has 15 heavy (non-hydrogen) atoms. The van der Waals surface area contributed by atoms with Gasteiger partial charge in [-0.15, -0.1) is 0 Å². The van der Waals surface area contributed by atoms with Crippen molar-refractivity contribution >= 4 is 5.91 Å². The molecule has 0 spiro atoms. The summed E-state index contributed by atoms with van der Waals surface area (Å²) in [4.78, 5) is 11.4. The van der Waals surface area contributed by atoms with Crippen LogP contribution in [-0.4, -0.2) is 18.0 Å². The second kappa shape index (κ2) is 6.11. The standard InChI is InChI=1S/C12H24N2O/c1-9(14-12(15)10(2)13)8-11-6-4-3-5-7-11/h9-11H,3-8,13H2,1-2H3,(H,14,15). The molecule has 0 aromatic heterocycles. The molecule has 3 heteroatoms. The third-order valence-electron chi connectivity index (χ3n) is 3.21. The molecule has 1 fully saturated rings. The molecule has 88 valence electrons. The monoisotopic (exact) mass is 212 g/mol. The lowest BCUT2D eigenvalue weighted by Crippen LogP contribution is -2.43. The topological polar surface area (TPSA) is 55.1 Å². The Balaban J connectivity index is 2.22. The predicted molar refractivity (Wildman–Crippen MR) is 62.4 cm³/mol. The number of carbonyl (C=O) groups excluding carboxylic acids is 1. The van der Waals surface area contributed by atoms with Crippen LogP contribution >= 0.6 is 0 Å². The third-order valence-corrected chi connectivity index (χ3v) is 3.21. The highest BCUT2D eigenvalue weighted by atomic mass is 16.2. The van der Waals surface area contributed by atoms with Crippen LogP contribution in [0.4, 0.5) is 0 Å². The maximum Gasteiger partial charge on any atom is 0.236 e. The van der Waals surface area contributed by atoms with Crippen LogP contribution in [0.3, 0.4) is 0 Å². The molecular weight excluding hydrogens is 188 g/mol. The molecule has 1 amide bonds. The number of amides is 1. The van der Waals surface area contributed by atoms with Gasteiger partial charge in [0.2, 0.25) is 5.91 Å². The lowest BCUT2D eigenvalue weighted by atomic mass is 9.85. The van der Waals surface area contributed by atoms with E-state index in [2.05, 4.69) is 12.2 Å². The van der Waals surface area contributed by atoms with Gasteiger partial charge in [0.25, 0.3) is 0 Å². The number of rotatable bonds is 4. The van der Waals surface area contributed by atoms with Gasteiger partial charge in [-0.3, -0.25) is 4.79 Å².